The van der Waals surface area contributed by atoms with E-state index < -0.39 is 11.7 Å². The molecular formula is C17H26BrNO3S. The maximum absolute atomic E-state index is 12.0. The van der Waals surface area contributed by atoms with Crippen LogP contribution in [0.15, 0.2) is 15.9 Å². The Morgan fingerprint density at radius 3 is 2.61 bits per heavy atom. The smallest absolute Gasteiger partial charge is 0.407 e. The van der Waals surface area contributed by atoms with Crippen molar-refractivity contribution in [3.63, 3.8) is 0 Å². The van der Waals surface area contributed by atoms with Gasteiger partial charge in [0.1, 0.15) is 5.60 Å². The minimum Gasteiger partial charge on any atom is -0.444 e. The third-order valence-corrected chi connectivity index (χ3v) is 5.56. The van der Waals surface area contributed by atoms with E-state index in [1.165, 1.54) is 17.7 Å². The molecular weight excluding hydrogens is 378 g/mol. The molecule has 1 fully saturated rings. The molecule has 1 unspecified atom stereocenters. The van der Waals surface area contributed by atoms with E-state index in [9.17, 15) is 9.90 Å². The highest BCUT2D eigenvalue weighted by atomic mass is 79.9. The standard InChI is InChI=1S/C17H26BrNO3S/c1-16(2,3)22-15(21)19-10-17(11-20,8-12-4-5-12)9-13-6-7-14(18)23-13/h6-7,12,20H,4-5,8-11H2,1-3H3,(H,19,21). The van der Waals surface area contributed by atoms with Gasteiger partial charge in [-0.2, -0.15) is 0 Å². The predicted octanol–water partition coefficient (Wildman–Crippen LogP) is 4.36. The van der Waals surface area contributed by atoms with Crippen molar-refractivity contribution in [1.82, 2.24) is 5.32 Å². The van der Waals surface area contributed by atoms with Crippen LogP contribution in [0, 0.1) is 11.3 Å². The summed E-state index contributed by atoms with van der Waals surface area (Å²) in [6.45, 7) is 6.04. The van der Waals surface area contributed by atoms with Gasteiger partial charge in [0, 0.05) is 16.8 Å². The lowest BCUT2D eigenvalue weighted by molar-refractivity contribution is 0.0450. The summed E-state index contributed by atoms with van der Waals surface area (Å²) in [6, 6.07) is 4.11. The number of amides is 1. The lowest BCUT2D eigenvalue weighted by Gasteiger charge is -2.32. The summed E-state index contributed by atoms with van der Waals surface area (Å²) >= 11 is 5.17. The van der Waals surface area contributed by atoms with Crippen LogP contribution in [0.3, 0.4) is 0 Å². The van der Waals surface area contributed by atoms with Crippen LogP contribution in [0.4, 0.5) is 4.79 Å². The Bertz CT molecular complexity index is 536. The van der Waals surface area contributed by atoms with Gasteiger partial charge in [-0.05, 0) is 67.6 Å². The molecule has 1 amide bonds. The fourth-order valence-corrected chi connectivity index (χ4v) is 4.36. The quantitative estimate of drug-likeness (QED) is 0.710. The van der Waals surface area contributed by atoms with Crippen LogP contribution in [0.2, 0.25) is 0 Å². The second-order valence-corrected chi connectivity index (χ2v) is 10.1. The van der Waals surface area contributed by atoms with Gasteiger partial charge < -0.3 is 15.2 Å². The van der Waals surface area contributed by atoms with Crippen molar-refractivity contribution in [2.24, 2.45) is 11.3 Å². The van der Waals surface area contributed by atoms with Crippen LogP contribution < -0.4 is 5.32 Å². The van der Waals surface area contributed by atoms with Crippen LogP contribution >= 0.6 is 27.3 Å². The summed E-state index contributed by atoms with van der Waals surface area (Å²) in [7, 11) is 0. The maximum Gasteiger partial charge on any atom is 0.407 e. The van der Waals surface area contributed by atoms with Crippen molar-refractivity contribution >= 4 is 33.4 Å². The molecule has 0 bridgehead atoms. The summed E-state index contributed by atoms with van der Waals surface area (Å²) in [5, 5.41) is 12.9. The maximum atomic E-state index is 12.0. The van der Waals surface area contributed by atoms with E-state index in [0.29, 0.717) is 12.5 Å². The summed E-state index contributed by atoms with van der Waals surface area (Å²) in [5.41, 5.74) is -0.830. The molecule has 0 radical (unpaired) electrons. The van der Waals surface area contributed by atoms with Gasteiger partial charge in [-0.25, -0.2) is 4.79 Å². The second kappa shape index (κ2) is 7.53. The first-order valence-electron chi connectivity index (χ1n) is 8.03. The molecule has 1 aliphatic rings. The minimum absolute atomic E-state index is 0.0643. The highest BCUT2D eigenvalue weighted by molar-refractivity contribution is 9.11. The monoisotopic (exact) mass is 403 g/mol. The van der Waals surface area contributed by atoms with Crippen LogP contribution in [0.25, 0.3) is 0 Å². The van der Waals surface area contributed by atoms with Crippen LogP contribution in [-0.2, 0) is 11.2 Å². The van der Waals surface area contributed by atoms with Crippen LogP contribution in [-0.4, -0.2) is 30.0 Å². The van der Waals surface area contributed by atoms with E-state index in [1.807, 2.05) is 26.8 Å². The zero-order valence-corrected chi connectivity index (χ0v) is 16.4. The van der Waals surface area contributed by atoms with Gasteiger partial charge in [-0.15, -0.1) is 11.3 Å². The second-order valence-electron chi connectivity index (χ2n) is 7.54. The van der Waals surface area contributed by atoms with Crippen LogP contribution in [0.1, 0.15) is 44.9 Å². The first-order valence-corrected chi connectivity index (χ1v) is 9.64. The Labute approximate surface area is 150 Å². The summed E-state index contributed by atoms with van der Waals surface area (Å²) in [4.78, 5) is 13.2. The minimum atomic E-state index is -0.513. The van der Waals surface area contributed by atoms with Crippen molar-refractivity contribution in [1.29, 1.82) is 0 Å². The third-order valence-electron chi connectivity index (χ3n) is 3.94. The van der Waals surface area contributed by atoms with Crippen molar-refractivity contribution in [3.05, 3.63) is 20.8 Å². The molecule has 1 heterocycles. The predicted molar refractivity (Wildman–Crippen MR) is 96.8 cm³/mol. The Morgan fingerprint density at radius 1 is 1.43 bits per heavy atom. The fraction of sp³-hybridized carbons (Fsp3) is 0.706. The zero-order chi connectivity index (χ0) is 17.1. The van der Waals surface area contributed by atoms with Gasteiger partial charge in [-0.1, -0.05) is 12.8 Å². The summed E-state index contributed by atoms with van der Waals surface area (Å²) in [6.07, 6.45) is 3.74. The third kappa shape index (κ3) is 6.43. The molecule has 0 saturated heterocycles. The number of aliphatic hydroxyl groups is 1. The molecule has 0 aromatic carbocycles. The molecule has 4 nitrogen and oxygen atoms in total. The van der Waals surface area contributed by atoms with Crippen molar-refractivity contribution in [3.8, 4) is 0 Å². The topological polar surface area (TPSA) is 58.6 Å². The molecule has 130 valence electrons. The van der Waals surface area contributed by atoms with E-state index in [4.69, 9.17) is 4.74 Å². The normalized spacial score (nSPS) is 17.6. The molecule has 1 saturated carbocycles. The number of thiophene rings is 1. The molecule has 6 heteroatoms. The van der Waals surface area contributed by atoms with Gasteiger partial charge >= 0.3 is 6.09 Å². The molecule has 2 rings (SSSR count). The molecule has 1 aromatic heterocycles. The first kappa shape index (κ1) is 18.7. The first-order chi connectivity index (χ1) is 10.7. The van der Waals surface area contributed by atoms with E-state index in [0.717, 1.165) is 16.6 Å². The number of nitrogens with one attached hydrogen (secondary N) is 1. The molecule has 2 N–H and O–H groups in total. The SMILES string of the molecule is CC(C)(C)OC(=O)NCC(CO)(Cc1ccc(Br)s1)CC1CC1. The lowest BCUT2D eigenvalue weighted by atomic mass is 9.79. The molecule has 1 aliphatic carbocycles. The van der Waals surface area contributed by atoms with Crippen molar-refractivity contribution in [2.45, 2.75) is 52.1 Å². The average molecular weight is 404 g/mol. The highest BCUT2D eigenvalue weighted by Gasteiger charge is 2.37. The number of rotatable bonds is 7. The molecule has 1 aromatic rings. The zero-order valence-electron chi connectivity index (χ0n) is 14.0. The van der Waals surface area contributed by atoms with Gasteiger partial charge in [0.2, 0.25) is 0 Å². The number of carbonyl (C=O) groups excluding carboxylic acids is 1. The van der Waals surface area contributed by atoms with Crippen molar-refractivity contribution in [2.75, 3.05) is 13.2 Å². The number of alkyl carbamates (subject to hydrolysis) is 1. The number of hydrogen-bond acceptors (Lipinski definition) is 4. The Hall–Kier alpha value is -0.590. The molecule has 0 spiro atoms. The number of aliphatic hydroxyl groups excluding tert-OH is 1. The summed E-state index contributed by atoms with van der Waals surface area (Å²) in [5.74, 6) is 0.672. The number of hydrogen-bond donors (Lipinski definition) is 2. The van der Waals surface area contributed by atoms with E-state index in [-0.39, 0.29) is 12.0 Å². The Balaban J connectivity index is 2.01. The summed E-state index contributed by atoms with van der Waals surface area (Å²) < 4.78 is 6.40. The number of ether oxygens (including phenoxy) is 1. The van der Waals surface area contributed by atoms with Gasteiger partial charge in [0.15, 0.2) is 0 Å². The number of carbonyl (C=O) groups is 1. The molecule has 23 heavy (non-hydrogen) atoms. The van der Waals surface area contributed by atoms with Gasteiger partial charge in [0.05, 0.1) is 10.4 Å². The van der Waals surface area contributed by atoms with E-state index in [1.54, 1.807) is 11.3 Å². The van der Waals surface area contributed by atoms with Gasteiger partial charge in [0.25, 0.3) is 0 Å². The lowest BCUT2D eigenvalue weighted by Crippen LogP contribution is -2.43. The Morgan fingerprint density at radius 2 is 2.13 bits per heavy atom. The van der Waals surface area contributed by atoms with E-state index in [2.05, 4.69) is 27.3 Å². The van der Waals surface area contributed by atoms with Crippen molar-refractivity contribution < 1.29 is 14.6 Å². The largest absolute Gasteiger partial charge is 0.444 e. The molecule has 0 aliphatic heterocycles. The molecule has 1 atom stereocenters. The Kier molecular flexibility index (Phi) is 6.14. The van der Waals surface area contributed by atoms with Crippen LogP contribution in [0.5, 0.6) is 0 Å². The fourth-order valence-electron chi connectivity index (χ4n) is 2.71. The van der Waals surface area contributed by atoms with E-state index >= 15 is 0 Å². The number of halogens is 1. The highest BCUT2D eigenvalue weighted by Crippen LogP contribution is 2.42. The average Bonchev–Trinajstić information content (AvgIpc) is 3.15. The van der Waals surface area contributed by atoms with Gasteiger partial charge in [-0.3, -0.25) is 0 Å².